The molecule has 0 fully saturated rings. The molecule has 4 heteroatoms. The van der Waals surface area contributed by atoms with Crippen LogP contribution in [-0.2, 0) is 11.2 Å². The lowest BCUT2D eigenvalue weighted by molar-refractivity contribution is -0.117. The number of aromatic nitrogens is 1. The van der Waals surface area contributed by atoms with E-state index in [0.717, 1.165) is 30.8 Å². The molecule has 3 rings (SSSR count). The van der Waals surface area contributed by atoms with Crippen LogP contribution in [0.25, 0.3) is 0 Å². The zero-order chi connectivity index (χ0) is 14.7. The van der Waals surface area contributed by atoms with E-state index in [1.54, 1.807) is 6.20 Å². The molecule has 1 aliphatic rings. The smallest absolute Gasteiger partial charge is 0.231 e. The Morgan fingerprint density at radius 2 is 2.10 bits per heavy atom. The normalized spacial score (nSPS) is 16.9. The fraction of sp³-hybridized carbons (Fsp3) is 0.294. The van der Waals surface area contributed by atoms with Crippen molar-refractivity contribution in [3.05, 3.63) is 53.7 Å². The van der Waals surface area contributed by atoms with E-state index < -0.39 is 0 Å². The molecule has 108 valence electrons. The third-order valence-corrected chi connectivity index (χ3v) is 3.97. The number of hydrogen-bond acceptors (Lipinski definition) is 3. The van der Waals surface area contributed by atoms with Crippen LogP contribution in [0, 0.1) is 0 Å². The van der Waals surface area contributed by atoms with Gasteiger partial charge in [0.05, 0.1) is 17.8 Å². The van der Waals surface area contributed by atoms with Gasteiger partial charge in [-0.1, -0.05) is 24.3 Å². The summed E-state index contributed by atoms with van der Waals surface area (Å²) < 4.78 is 0. The lowest BCUT2D eigenvalue weighted by Gasteiger charge is -2.24. The highest BCUT2D eigenvalue weighted by atomic mass is 16.1. The number of hydrogen-bond donors (Lipinski definition) is 2. The summed E-state index contributed by atoms with van der Waals surface area (Å²) in [6.45, 7) is 0. The quantitative estimate of drug-likeness (QED) is 0.908. The van der Waals surface area contributed by atoms with Gasteiger partial charge in [-0.3, -0.25) is 4.79 Å². The number of aryl methyl sites for hydroxylation is 1. The maximum atomic E-state index is 12.5. The van der Waals surface area contributed by atoms with Crippen molar-refractivity contribution in [3.63, 3.8) is 0 Å². The number of nitrogens with zero attached hydrogens (tertiary/aromatic N) is 1. The minimum absolute atomic E-state index is 0.0565. The van der Waals surface area contributed by atoms with Gasteiger partial charge in [0.25, 0.3) is 0 Å². The van der Waals surface area contributed by atoms with Crippen molar-refractivity contribution in [2.24, 2.45) is 0 Å². The highest BCUT2D eigenvalue weighted by molar-refractivity contribution is 5.96. The summed E-state index contributed by atoms with van der Waals surface area (Å²) in [6, 6.07) is 12.0. The summed E-state index contributed by atoms with van der Waals surface area (Å²) in [5.74, 6) is 0.788. The van der Waals surface area contributed by atoms with Gasteiger partial charge in [-0.05, 0) is 42.5 Å². The third-order valence-electron chi connectivity index (χ3n) is 3.97. The lowest BCUT2D eigenvalue weighted by Crippen LogP contribution is -2.24. The van der Waals surface area contributed by atoms with Crippen molar-refractivity contribution < 1.29 is 4.79 Å². The number of fused-ring (bicyclic) bond motifs is 1. The summed E-state index contributed by atoms with van der Waals surface area (Å²) >= 11 is 0. The zero-order valence-electron chi connectivity index (χ0n) is 12.1. The fourth-order valence-corrected chi connectivity index (χ4v) is 2.87. The number of benzene rings is 1. The Labute approximate surface area is 124 Å². The first-order valence-corrected chi connectivity index (χ1v) is 7.30. The molecule has 1 atom stereocenters. The molecule has 1 aliphatic carbocycles. The number of amides is 1. The molecular weight excluding hydrogens is 262 g/mol. The molecule has 21 heavy (non-hydrogen) atoms. The van der Waals surface area contributed by atoms with Gasteiger partial charge in [0.15, 0.2) is 0 Å². The second-order valence-electron chi connectivity index (χ2n) is 5.31. The molecule has 0 aliphatic heterocycles. The van der Waals surface area contributed by atoms with Crippen LogP contribution in [0.2, 0.25) is 0 Å². The van der Waals surface area contributed by atoms with E-state index >= 15 is 0 Å². The number of anilines is 2. The lowest BCUT2D eigenvalue weighted by atomic mass is 9.82. The van der Waals surface area contributed by atoms with Gasteiger partial charge >= 0.3 is 0 Å². The average molecular weight is 281 g/mol. The van der Waals surface area contributed by atoms with Gasteiger partial charge in [-0.2, -0.15) is 0 Å². The van der Waals surface area contributed by atoms with E-state index in [4.69, 9.17) is 0 Å². The molecule has 0 bridgehead atoms. The summed E-state index contributed by atoms with van der Waals surface area (Å²) in [6.07, 6.45) is 4.72. The van der Waals surface area contributed by atoms with Crippen molar-refractivity contribution in [2.45, 2.75) is 25.2 Å². The maximum Gasteiger partial charge on any atom is 0.231 e. The molecule has 1 aromatic heterocycles. The van der Waals surface area contributed by atoms with Crippen LogP contribution >= 0.6 is 0 Å². The van der Waals surface area contributed by atoms with Crippen molar-refractivity contribution >= 4 is 17.4 Å². The highest BCUT2D eigenvalue weighted by Gasteiger charge is 2.26. The second kappa shape index (κ2) is 5.95. The van der Waals surface area contributed by atoms with Crippen LogP contribution in [-0.4, -0.2) is 17.9 Å². The van der Waals surface area contributed by atoms with Gasteiger partial charge in [-0.25, -0.2) is 4.98 Å². The highest BCUT2D eigenvalue weighted by Crippen LogP contribution is 2.32. The molecule has 0 spiro atoms. The zero-order valence-corrected chi connectivity index (χ0v) is 12.1. The number of rotatable bonds is 3. The van der Waals surface area contributed by atoms with Crippen LogP contribution in [0.5, 0.6) is 0 Å². The Morgan fingerprint density at radius 1 is 1.24 bits per heavy atom. The first-order chi connectivity index (χ1) is 10.3. The molecule has 0 radical (unpaired) electrons. The molecular formula is C17H19N3O. The molecule has 1 amide bonds. The predicted molar refractivity (Wildman–Crippen MR) is 84.5 cm³/mol. The first-order valence-electron chi connectivity index (χ1n) is 7.30. The number of pyridine rings is 1. The molecule has 0 saturated heterocycles. The van der Waals surface area contributed by atoms with Crippen LogP contribution in [0.1, 0.15) is 29.9 Å². The van der Waals surface area contributed by atoms with E-state index in [0.29, 0.717) is 0 Å². The minimum atomic E-state index is -0.0565. The topological polar surface area (TPSA) is 54.0 Å². The van der Waals surface area contributed by atoms with Gasteiger partial charge in [0.2, 0.25) is 5.91 Å². The molecule has 2 N–H and O–H groups in total. The SMILES string of the molecule is CNc1ccc(NC(=O)C2CCCc3ccccc32)cn1. The Hall–Kier alpha value is -2.36. The Balaban J connectivity index is 1.76. The second-order valence-corrected chi connectivity index (χ2v) is 5.31. The molecule has 1 aromatic carbocycles. The summed E-state index contributed by atoms with van der Waals surface area (Å²) in [5.41, 5.74) is 3.20. The van der Waals surface area contributed by atoms with E-state index in [-0.39, 0.29) is 11.8 Å². The summed E-state index contributed by atoms with van der Waals surface area (Å²) in [4.78, 5) is 16.7. The standard InChI is InChI=1S/C17H19N3O/c1-18-16-10-9-13(11-19-16)20-17(21)15-8-4-6-12-5-2-3-7-14(12)15/h2-3,5,7,9-11,15H,4,6,8H2,1H3,(H,18,19)(H,20,21). The number of nitrogens with one attached hydrogen (secondary N) is 2. The minimum Gasteiger partial charge on any atom is -0.373 e. The first kappa shape index (κ1) is 13.6. The largest absolute Gasteiger partial charge is 0.373 e. The van der Waals surface area contributed by atoms with E-state index in [9.17, 15) is 4.79 Å². The Morgan fingerprint density at radius 3 is 2.86 bits per heavy atom. The average Bonchev–Trinajstić information content (AvgIpc) is 2.55. The molecule has 4 nitrogen and oxygen atoms in total. The van der Waals surface area contributed by atoms with Gasteiger partial charge in [0.1, 0.15) is 5.82 Å². The van der Waals surface area contributed by atoms with Gasteiger partial charge < -0.3 is 10.6 Å². The van der Waals surface area contributed by atoms with Crippen LogP contribution in [0.15, 0.2) is 42.6 Å². The molecule has 2 aromatic rings. The summed E-state index contributed by atoms with van der Waals surface area (Å²) in [7, 11) is 1.82. The Kier molecular flexibility index (Phi) is 3.86. The van der Waals surface area contributed by atoms with Crippen LogP contribution < -0.4 is 10.6 Å². The summed E-state index contributed by atoms with van der Waals surface area (Å²) in [5, 5.41) is 5.93. The third kappa shape index (κ3) is 2.89. The molecule has 1 unspecified atom stereocenters. The van der Waals surface area contributed by atoms with Crippen molar-refractivity contribution in [3.8, 4) is 0 Å². The Bertz CT molecular complexity index is 637. The van der Waals surface area contributed by atoms with Crippen molar-refractivity contribution in [1.82, 2.24) is 4.98 Å². The van der Waals surface area contributed by atoms with E-state index in [1.807, 2.05) is 31.3 Å². The van der Waals surface area contributed by atoms with E-state index in [1.165, 1.54) is 11.1 Å². The number of carbonyl (C=O) groups excluding carboxylic acids is 1. The number of carbonyl (C=O) groups is 1. The maximum absolute atomic E-state index is 12.5. The van der Waals surface area contributed by atoms with Crippen molar-refractivity contribution in [1.29, 1.82) is 0 Å². The predicted octanol–water partition coefficient (Wildman–Crippen LogP) is 3.18. The monoisotopic (exact) mass is 281 g/mol. The fourth-order valence-electron chi connectivity index (χ4n) is 2.87. The van der Waals surface area contributed by atoms with Crippen LogP contribution in [0.4, 0.5) is 11.5 Å². The van der Waals surface area contributed by atoms with Crippen molar-refractivity contribution in [2.75, 3.05) is 17.7 Å². The van der Waals surface area contributed by atoms with Crippen LogP contribution in [0.3, 0.4) is 0 Å². The van der Waals surface area contributed by atoms with Gasteiger partial charge in [0, 0.05) is 7.05 Å². The molecule has 1 heterocycles. The van der Waals surface area contributed by atoms with E-state index in [2.05, 4.69) is 27.8 Å². The van der Waals surface area contributed by atoms with Gasteiger partial charge in [-0.15, -0.1) is 0 Å². The molecule has 0 saturated carbocycles.